The number of carbonyl (C=O) groups is 2. The molecular formula is C35H36F3N3O3. The van der Waals surface area contributed by atoms with Crippen molar-refractivity contribution in [1.82, 2.24) is 14.7 Å². The number of hydrogen-bond acceptors (Lipinski definition) is 5. The number of piperidine rings is 1. The summed E-state index contributed by atoms with van der Waals surface area (Å²) in [5.41, 5.74) is 3.92. The number of alkyl halides is 3. The fraction of sp³-hybridized carbons (Fsp3) is 0.343. The first kappa shape index (κ1) is 31.2. The largest absolute Gasteiger partial charge is 0.496 e. The van der Waals surface area contributed by atoms with E-state index >= 15 is 0 Å². The molecule has 0 atom stereocenters. The summed E-state index contributed by atoms with van der Waals surface area (Å²) in [6.07, 6.45) is 2.12. The predicted molar refractivity (Wildman–Crippen MR) is 163 cm³/mol. The van der Waals surface area contributed by atoms with Crippen molar-refractivity contribution >= 4 is 11.6 Å². The summed E-state index contributed by atoms with van der Waals surface area (Å²) in [4.78, 5) is 28.6. The third-order valence-electron chi connectivity index (χ3n) is 8.25. The molecule has 1 aliphatic heterocycles. The molecule has 1 aliphatic rings. The molecule has 6 nitrogen and oxygen atoms in total. The number of halogens is 3. The van der Waals surface area contributed by atoms with Gasteiger partial charge in [-0.2, -0.15) is 18.3 Å². The topological polar surface area (TPSA) is 64.4 Å². The van der Waals surface area contributed by atoms with Crippen LogP contribution in [0.25, 0.3) is 11.1 Å². The van der Waals surface area contributed by atoms with Crippen LogP contribution < -0.4 is 4.74 Å². The second-order valence-corrected chi connectivity index (χ2v) is 11.5. The van der Waals surface area contributed by atoms with E-state index in [9.17, 15) is 22.8 Å². The molecule has 1 saturated heterocycles. The first-order valence-corrected chi connectivity index (χ1v) is 14.8. The summed E-state index contributed by atoms with van der Waals surface area (Å²) < 4.78 is 49.3. The SMILES string of the molecule is COc1cc(-c2cnn(C)c2)ccc1C(=O)Cc1cc(CC(=O)c2ccc(CN3CCCCC3)c(C(F)(F)F)c2)ccc1C. The Kier molecular flexibility index (Phi) is 9.34. The lowest BCUT2D eigenvalue weighted by molar-refractivity contribution is -0.138. The fourth-order valence-electron chi connectivity index (χ4n) is 5.76. The van der Waals surface area contributed by atoms with Gasteiger partial charge in [0.25, 0.3) is 0 Å². The maximum Gasteiger partial charge on any atom is 0.416 e. The van der Waals surface area contributed by atoms with Crippen molar-refractivity contribution < 1.29 is 27.5 Å². The average Bonchev–Trinajstić information content (AvgIpc) is 3.44. The normalized spacial score (nSPS) is 14.0. The summed E-state index contributed by atoms with van der Waals surface area (Å²) in [5.74, 6) is -0.108. The van der Waals surface area contributed by atoms with Gasteiger partial charge in [0.15, 0.2) is 11.6 Å². The summed E-state index contributed by atoms with van der Waals surface area (Å²) in [7, 11) is 3.34. The zero-order valence-electron chi connectivity index (χ0n) is 25.2. The van der Waals surface area contributed by atoms with Crippen molar-refractivity contribution in [2.45, 2.75) is 51.7 Å². The van der Waals surface area contributed by atoms with Crippen LogP contribution in [0.2, 0.25) is 0 Å². The summed E-state index contributed by atoms with van der Waals surface area (Å²) in [6, 6.07) is 14.7. The summed E-state index contributed by atoms with van der Waals surface area (Å²) in [6.45, 7) is 3.66. The smallest absolute Gasteiger partial charge is 0.416 e. The standard InChI is InChI=1S/C35H36F3N3O3/c1-23-7-8-24(15-28(23)18-33(43)30-12-11-25(19-34(30)44-3)29-20-39-40(2)21-29)16-32(42)26-9-10-27(31(17-26)35(36,37)38)22-41-13-5-4-6-14-41/h7-12,15,17,19-21H,4-6,13-14,16,18,22H2,1-3H3. The highest BCUT2D eigenvalue weighted by atomic mass is 19.4. The van der Waals surface area contributed by atoms with E-state index < -0.39 is 17.5 Å². The van der Waals surface area contributed by atoms with E-state index in [1.165, 1.54) is 19.2 Å². The molecule has 3 aromatic carbocycles. The van der Waals surface area contributed by atoms with Crippen molar-refractivity contribution in [3.63, 3.8) is 0 Å². The van der Waals surface area contributed by atoms with E-state index in [4.69, 9.17) is 4.74 Å². The van der Waals surface area contributed by atoms with Gasteiger partial charge < -0.3 is 4.74 Å². The molecule has 0 radical (unpaired) electrons. The fourth-order valence-corrected chi connectivity index (χ4v) is 5.76. The number of ketones is 2. The van der Waals surface area contributed by atoms with Crippen LogP contribution in [0, 0.1) is 6.92 Å². The Morgan fingerprint density at radius 3 is 2.34 bits per heavy atom. The highest BCUT2D eigenvalue weighted by Crippen LogP contribution is 2.34. The molecule has 9 heteroatoms. The first-order chi connectivity index (χ1) is 21.0. The number of ether oxygens (including phenoxy) is 1. The third kappa shape index (κ3) is 7.27. The lowest BCUT2D eigenvalue weighted by atomic mass is 9.93. The summed E-state index contributed by atoms with van der Waals surface area (Å²) in [5, 5.41) is 4.19. The van der Waals surface area contributed by atoms with Crippen LogP contribution in [-0.2, 0) is 32.6 Å². The molecule has 0 aliphatic carbocycles. The van der Waals surface area contributed by atoms with E-state index in [0.717, 1.165) is 60.7 Å². The van der Waals surface area contributed by atoms with Gasteiger partial charge in [-0.25, -0.2) is 0 Å². The lowest BCUT2D eigenvalue weighted by Gasteiger charge is -2.27. The number of aromatic nitrogens is 2. The summed E-state index contributed by atoms with van der Waals surface area (Å²) >= 11 is 0. The zero-order chi connectivity index (χ0) is 31.4. The molecule has 0 unspecified atom stereocenters. The van der Waals surface area contributed by atoms with E-state index in [0.29, 0.717) is 16.9 Å². The van der Waals surface area contributed by atoms with Crippen molar-refractivity contribution in [3.05, 3.63) is 106 Å². The van der Waals surface area contributed by atoms with Crippen molar-refractivity contribution in [2.24, 2.45) is 7.05 Å². The lowest BCUT2D eigenvalue weighted by Crippen LogP contribution is -2.30. The molecule has 1 fully saturated rings. The van der Waals surface area contributed by atoms with Gasteiger partial charge in [-0.1, -0.05) is 42.8 Å². The molecular weight excluding hydrogens is 567 g/mol. The van der Waals surface area contributed by atoms with Gasteiger partial charge in [-0.05, 0) is 78.9 Å². The molecule has 0 amide bonds. The van der Waals surface area contributed by atoms with Gasteiger partial charge in [0.05, 0.1) is 24.4 Å². The van der Waals surface area contributed by atoms with Crippen LogP contribution in [0.15, 0.2) is 67.0 Å². The highest BCUT2D eigenvalue weighted by molar-refractivity contribution is 6.01. The Bertz CT molecular complexity index is 1670. The first-order valence-electron chi connectivity index (χ1n) is 14.8. The van der Waals surface area contributed by atoms with E-state index in [2.05, 4.69) is 5.10 Å². The second-order valence-electron chi connectivity index (χ2n) is 11.5. The number of aryl methyl sites for hydroxylation is 2. The number of rotatable bonds is 10. The number of methoxy groups -OCH3 is 1. The Labute approximate surface area is 255 Å². The predicted octanol–water partition coefficient (Wildman–Crippen LogP) is 7.26. The van der Waals surface area contributed by atoms with Gasteiger partial charge in [0, 0.05) is 43.8 Å². The highest BCUT2D eigenvalue weighted by Gasteiger charge is 2.34. The van der Waals surface area contributed by atoms with E-state index in [1.807, 2.05) is 37.2 Å². The zero-order valence-corrected chi connectivity index (χ0v) is 25.2. The van der Waals surface area contributed by atoms with Crippen LogP contribution in [0.4, 0.5) is 13.2 Å². The van der Waals surface area contributed by atoms with Gasteiger partial charge in [0.2, 0.25) is 0 Å². The number of Topliss-reactive ketones (excluding diaryl/α,β-unsaturated/α-hetero) is 2. The Hall–Kier alpha value is -4.24. The number of carbonyl (C=O) groups excluding carboxylic acids is 2. The maximum atomic E-state index is 14.0. The molecule has 1 aromatic heterocycles. The minimum absolute atomic E-state index is 0.0244. The van der Waals surface area contributed by atoms with Crippen LogP contribution in [-0.4, -0.2) is 46.4 Å². The minimum atomic E-state index is -4.56. The van der Waals surface area contributed by atoms with Crippen LogP contribution in [0.5, 0.6) is 5.75 Å². The van der Waals surface area contributed by atoms with Gasteiger partial charge in [0.1, 0.15) is 5.75 Å². The third-order valence-corrected chi connectivity index (χ3v) is 8.25. The van der Waals surface area contributed by atoms with E-state index in [1.54, 1.807) is 35.1 Å². The van der Waals surface area contributed by atoms with Crippen LogP contribution >= 0.6 is 0 Å². The molecule has 4 aromatic rings. The monoisotopic (exact) mass is 603 g/mol. The van der Waals surface area contributed by atoms with Gasteiger partial charge >= 0.3 is 6.18 Å². The number of nitrogens with zero attached hydrogens (tertiary/aromatic N) is 3. The maximum absolute atomic E-state index is 14.0. The minimum Gasteiger partial charge on any atom is -0.496 e. The molecule has 5 rings (SSSR count). The number of hydrogen-bond donors (Lipinski definition) is 0. The number of likely N-dealkylation sites (tertiary alicyclic amines) is 1. The Morgan fingerprint density at radius 2 is 1.66 bits per heavy atom. The number of benzene rings is 3. The van der Waals surface area contributed by atoms with Crippen LogP contribution in [0.3, 0.4) is 0 Å². The van der Waals surface area contributed by atoms with Crippen LogP contribution in [0.1, 0.15) is 67.8 Å². The molecule has 0 bridgehead atoms. The van der Waals surface area contributed by atoms with E-state index in [-0.39, 0.29) is 36.3 Å². The Morgan fingerprint density at radius 1 is 0.886 bits per heavy atom. The van der Waals surface area contributed by atoms with Crippen molar-refractivity contribution in [2.75, 3.05) is 20.2 Å². The quantitative estimate of drug-likeness (QED) is 0.179. The average molecular weight is 604 g/mol. The molecule has 0 spiro atoms. The molecule has 0 saturated carbocycles. The molecule has 230 valence electrons. The molecule has 0 N–H and O–H groups in total. The second kappa shape index (κ2) is 13.2. The molecule has 2 heterocycles. The van der Waals surface area contributed by atoms with Gasteiger partial charge in [-0.3, -0.25) is 19.2 Å². The van der Waals surface area contributed by atoms with Crippen molar-refractivity contribution in [3.8, 4) is 16.9 Å². The van der Waals surface area contributed by atoms with Crippen molar-refractivity contribution in [1.29, 1.82) is 0 Å². The van der Waals surface area contributed by atoms with Gasteiger partial charge in [-0.15, -0.1) is 0 Å². The molecule has 44 heavy (non-hydrogen) atoms. The Balaban J connectivity index is 1.32.